The number of hydrogen-bond acceptors (Lipinski definition) is 8. The summed E-state index contributed by atoms with van der Waals surface area (Å²) in [5.74, 6) is 0.245. The first-order chi connectivity index (χ1) is 21.5. The Labute approximate surface area is 259 Å². The normalized spacial score (nSPS) is 25.3. The van der Waals surface area contributed by atoms with Gasteiger partial charge in [-0.1, -0.05) is 11.6 Å². The van der Waals surface area contributed by atoms with Gasteiger partial charge in [-0.25, -0.2) is 4.98 Å². The van der Waals surface area contributed by atoms with Gasteiger partial charge in [-0.2, -0.15) is 0 Å². The number of aromatic nitrogens is 4. The maximum atomic E-state index is 14.1. The number of rotatable bonds is 7. The summed E-state index contributed by atoms with van der Waals surface area (Å²) >= 11 is 0. The second-order valence-corrected chi connectivity index (χ2v) is 12.8. The number of carbonyl (C=O) groups excluding carboxylic acids is 3. The van der Waals surface area contributed by atoms with Crippen molar-refractivity contribution in [3.8, 4) is 5.88 Å². The van der Waals surface area contributed by atoms with E-state index in [1.807, 2.05) is 20.7 Å². The summed E-state index contributed by atoms with van der Waals surface area (Å²) in [6, 6.07) is 2.55. The molecular formula is C32H46N8O4. The number of fused-ring (bicyclic) bond motifs is 3. The fourth-order valence-electron chi connectivity index (χ4n) is 7.19. The molecule has 0 unspecified atom stereocenters. The zero-order chi connectivity index (χ0) is 30.3. The zero-order valence-electron chi connectivity index (χ0n) is 25.7. The van der Waals surface area contributed by atoms with Crippen LogP contribution in [-0.2, 0) is 22.6 Å². The Morgan fingerprint density at radius 2 is 1.77 bits per heavy atom. The number of amides is 3. The summed E-state index contributed by atoms with van der Waals surface area (Å²) in [6.07, 6.45) is 12.8. The molecular weight excluding hydrogens is 560 g/mol. The third kappa shape index (κ3) is 7.57. The lowest BCUT2D eigenvalue weighted by Crippen LogP contribution is -2.54. The Bertz CT molecular complexity index is 1290. The van der Waals surface area contributed by atoms with Crippen LogP contribution in [0.5, 0.6) is 5.88 Å². The number of nitrogens with one attached hydrogen (secondary N) is 1. The first-order valence-corrected chi connectivity index (χ1v) is 16.6. The Morgan fingerprint density at radius 1 is 0.977 bits per heavy atom. The van der Waals surface area contributed by atoms with Crippen molar-refractivity contribution in [1.29, 1.82) is 0 Å². The highest BCUT2D eigenvalue weighted by Gasteiger charge is 2.37. The van der Waals surface area contributed by atoms with Gasteiger partial charge in [-0.05, 0) is 82.0 Å². The third-order valence-corrected chi connectivity index (χ3v) is 9.79. The number of ether oxygens (including phenoxy) is 1. The van der Waals surface area contributed by atoms with Gasteiger partial charge in [0.05, 0.1) is 18.8 Å². The predicted molar refractivity (Wildman–Crippen MR) is 163 cm³/mol. The molecule has 3 amide bonds. The molecule has 0 aromatic carbocycles. The summed E-state index contributed by atoms with van der Waals surface area (Å²) < 4.78 is 7.88. The fraction of sp³-hybridized carbons (Fsp3) is 0.688. The molecule has 6 heterocycles. The van der Waals surface area contributed by atoms with Crippen LogP contribution in [0.3, 0.4) is 0 Å². The summed E-state index contributed by atoms with van der Waals surface area (Å²) in [7, 11) is 0. The van der Waals surface area contributed by atoms with Gasteiger partial charge in [0, 0.05) is 58.0 Å². The fourth-order valence-corrected chi connectivity index (χ4v) is 7.19. The van der Waals surface area contributed by atoms with Gasteiger partial charge in [0.2, 0.25) is 17.7 Å². The highest BCUT2D eigenvalue weighted by Crippen LogP contribution is 2.31. The second-order valence-electron chi connectivity index (χ2n) is 12.8. The predicted octanol–water partition coefficient (Wildman–Crippen LogP) is 2.15. The minimum Gasteiger partial charge on any atom is -0.477 e. The second kappa shape index (κ2) is 14.5. The minimum absolute atomic E-state index is 0.111. The van der Waals surface area contributed by atoms with E-state index in [1.54, 1.807) is 18.3 Å². The Morgan fingerprint density at radius 3 is 2.59 bits per heavy atom. The minimum atomic E-state index is -0.811. The van der Waals surface area contributed by atoms with Crippen molar-refractivity contribution in [2.45, 2.75) is 76.8 Å². The van der Waals surface area contributed by atoms with Crippen molar-refractivity contribution >= 4 is 17.7 Å². The summed E-state index contributed by atoms with van der Waals surface area (Å²) in [5.41, 5.74) is 0.962. The van der Waals surface area contributed by atoms with Crippen LogP contribution in [0.15, 0.2) is 24.5 Å². The van der Waals surface area contributed by atoms with Crippen molar-refractivity contribution in [3.63, 3.8) is 0 Å². The van der Waals surface area contributed by atoms with Gasteiger partial charge in [-0.3, -0.25) is 19.1 Å². The lowest BCUT2D eigenvalue weighted by molar-refractivity contribution is -0.137. The van der Waals surface area contributed by atoms with Crippen LogP contribution in [0, 0.1) is 11.8 Å². The molecule has 0 saturated carbocycles. The van der Waals surface area contributed by atoms with Crippen LogP contribution in [-0.4, -0.2) is 111 Å². The number of likely N-dealkylation sites (tertiary alicyclic amines) is 2. The molecule has 3 atom stereocenters. The van der Waals surface area contributed by atoms with E-state index in [9.17, 15) is 14.4 Å². The van der Waals surface area contributed by atoms with Crippen LogP contribution >= 0.6 is 0 Å². The standard InChI is InChI=1S/C32H46N8O4/c41-29(38-14-5-2-6-15-38)20-24-9-16-39-22-25(24)10-19-44-31-27(8-7-11-33-31)30(42)34-28(32(39)43)21-26-23-40(36-35-26)18-17-37-12-3-1-4-13-37/h7-8,11,23-25,28H,1-6,9-10,12-22H2,(H,34,42)/t24-,25-,28+/m0/s1. The lowest BCUT2D eigenvalue weighted by atomic mass is 9.80. The van der Waals surface area contributed by atoms with E-state index in [1.165, 1.54) is 25.7 Å². The molecule has 4 aliphatic heterocycles. The summed E-state index contributed by atoms with van der Waals surface area (Å²) in [4.78, 5) is 51.4. The average Bonchev–Trinajstić information content (AvgIpc) is 3.51. The SMILES string of the molecule is O=C1N[C@H](Cc2cn(CCN3CCCCC3)nn2)C(=O)N2CC[C@@H](CC(=O)N3CCCCC3)[C@@H](CCOc3ncccc31)C2. The molecule has 2 bridgehead atoms. The molecule has 2 aromatic rings. The van der Waals surface area contributed by atoms with Gasteiger partial charge >= 0.3 is 0 Å². The van der Waals surface area contributed by atoms with E-state index in [2.05, 4.69) is 25.5 Å². The first kappa shape index (κ1) is 30.5. The average molecular weight is 607 g/mol. The molecule has 0 spiro atoms. The van der Waals surface area contributed by atoms with Crippen LogP contribution < -0.4 is 10.1 Å². The molecule has 238 valence electrons. The summed E-state index contributed by atoms with van der Waals surface area (Å²) in [6.45, 7) is 7.03. The maximum Gasteiger partial charge on any atom is 0.257 e. The zero-order valence-corrected chi connectivity index (χ0v) is 25.7. The molecule has 3 fully saturated rings. The molecule has 2 aromatic heterocycles. The molecule has 0 radical (unpaired) electrons. The van der Waals surface area contributed by atoms with Gasteiger partial charge in [0.1, 0.15) is 11.6 Å². The topological polar surface area (TPSA) is 126 Å². The number of hydrogen-bond donors (Lipinski definition) is 1. The van der Waals surface area contributed by atoms with Crippen LogP contribution in [0.25, 0.3) is 0 Å². The van der Waals surface area contributed by atoms with E-state index in [-0.39, 0.29) is 36.0 Å². The quantitative estimate of drug-likeness (QED) is 0.508. The molecule has 12 heteroatoms. The van der Waals surface area contributed by atoms with E-state index < -0.39 is 11.9 Å². The van der Waals surface area contributed by atoms with Crippen molar-refractivity contribution < 1.29 is 19.1 Å². The highest BCUT2D eigenvalue weighted by atomic mass is 16.5. The van der Waals surface area contributed by atoms with Gasteiger partial charge < -0.3 is 24.8 Å². The number of carbonyl (C=O) groups is 3. The van der Waals surface area contributed by atoms with Gasteiger partial charge in [0.15, 0.2) is 0 Å². The van der Waals surface area contributed by atoms with E-state index in [0.29, 0.717) is 43.8 Å². The van der Waals surface area contributed by atoms with Crippen molar-refractivity contribution in [2.24, 2.45) is 11.8 Å². The molecule has 1 N–H and O–H groups in total. The smallest absolute Gasteiger partial charge is 0.257 e. The number of nitrogens with zero attached hydrogens (tertiary/aromatic N) is 7. The first-order valence-electron chi connectivity index (χ1n) is 16.6. The monoisotopic (exact) mass is 606 g/mol. The van der Waals surface area contributed by atoms with Crippen LogP contribution in [0.1, 0.15) is 73.8 Å². The third-order valence-electron chi connectivity index (χ3n) is 9.79. The van der Waals surface area contributed by atoms with Gasteiger partial charge in [0.25, 0.3) is 5.91 Å². The largest absolute Gasteiger partial charge is 0.477 e. The van der Waals surface area contributed by atoms with E-state index in [0.717, 1.165) is 58.5 Å². The molecule has 44 heavy (non-hydrogen) atoms. The van der Waals surface area contributed by atoms with Crippen LogP contribution in [0.2, 0.25) is 0 Å². The number of piperidine rings is 3. The Kier molecular flexibility index (Phi) is 10.0. The highest BCUT2D eigenvalue weighted by molar-refractivity contribution is 5.99. The maximum absolute atomic E-state index is 14.1. The van der Waals surface area contributed by atoms with E-state index >= 15 is 0 Å². The Hall–Kier alpha value is -3.54. The lowest BCUT2D eigenvalue weighted by Gasteiger charge is -2.41. The van der Waals surface area contributed by atoms with E-state index in [4.69, 9.17) is 4.74 Å². The molecule has 3 saturated heterocycles. The van der Waals surface area contributed by atoms with Crippen molar-refractivity contribution in [3.05, 3.63) is 35.8 Å². The summed E-state index contributed by atoms with van der Waals surface area (Å²) in [5, 5.41) is 11.7. The Balaban J connectivity index is 1.17. The molecule has 12 nitrogen and oxygen atoms in total. The molecule has 4 aliphatic rings. The van der Waals surface area contributed by atoms with Crippen LogP contribution in [0.4, 0.5) is 0 Å². The van der Waals surface area contributed by atoms with Crippen molar-refractivity contribution in [2.75, 3.05) is 52.4 Å². The van der Waals surface area contributed by atoms with Crippen molar-refractivity contribution in [1.82, 2.24) is 40.0 Å². The number of pyridine rings is 1. The molecule has 0 aliphatic carbocycles. The molecule has 6 rings (SSSR count). The van der Waals surface area contributed by atoms with Gasteiger partial charge in [-0.15, -0.1) is 5.10 Å².